The Morgan fingerprint density at radius 2 is 2.00 bits per heavy atom. The Balaban J connectivity index is 2.21. The van der Waals surface area contributed by atoms with Gasteiger partial charge in [0.25, 0.3) is 5.88 Å². The minimum absolute atomic E-state index is 0.0719. The minimum Gasteiger partial charge on any atom is -0.402 e. The fraction of sp³-hybridized carbons (Fsp3) is 0.167. The quantitative estimate of drug-likeness (QED) is 0.562. The van der Waals surface area contributed by atoms with E-state index in [1.165, 1.54) is 38.4 Å². The fourth-order valence-corrected chi connectivity index (χ4v) is 2.77. The molecule has 146 valence electrons. The molecule has 0 fully saturated rings. The second kappa shape index (κ2) is 8.22. The Bertz CT molecular complexity index is 1040. The molecule has 2 aromatic heterocycles. The molecule has 2 heterocycles. The van der Waals surface area contributed by atoms with Gasteiger partial charge in [-0.15, -0.1) is 5.10 Å². The van der Waals surface area contributed by atoms with Gasteiger partial charge in [-0.05, 0) is 25.1 Å². The first-order valence-electron chi connectivity index (χ1n) is 7.91. The summed E-state index contributed by atoms with van der Waals surface area (Å²) in [6, 6.07) is 5.39. The lowest BCUT2D eigenvalue weighted by Crippen LogP contribution is -2.24. The normalized spacial score (nSPS) is 12.1. The molecule has 0 saturated carbocycles. The third-order valence-electron chi connectivity index (χ3n) is 3.82. The summed E-state index contributed by atoms with van der Waals surface area (Å²) < 4.78 is 39.4. The number of rotatable bonds is 5. The van der Waals surface area contributed by atoms with Gasteiger partial charge in [-0.1, -0.05) is 29.3 Å². The molecule has 1 atom stereocenters. The molecular formula is C18H13Cl2F2N3O3. The summed E-state index contributed by atoms with van der Waals surface area (Å²) in [6.07, 6.45) is 1.43. The number of carbonyl (C=O) groups excluding carboxylic acids is 1. The third-order valence-corrected chi connectivity index (χ3v) is 4.45. The molecule has 1 aromatic carbocycles. The van der Waals surface area contributed by atoms with E-state index in [0.29, 0.717) is 0 Å². The van der Waals surface area contributed by atoms with Crippen LogP contribution in [0.15, 0.2) is 36.7 Å². The van der Waals surface area contributed by atoms with Crippen LogP contribution in [-0.2, 0) is 9.53 Å². The van der Waals surface area contributed by atoms with E-state index in [2.05, 4.69) is 10.1 Å². The zero-order valence-electron chi connectivity index (χ0n) is 14.6. The predicted molar refractivity (Wildman–Crippen MR) is 98.8 cm³/mol. The molecule has 1 unspecified atom stereocenters. The van der Waals surface area contributed by atoms with Gasteiger partial charge in [-0.3, -0.25) is 4.98 Å². The molecule has 28 heavy (non-hydrogen) atoms. The molecule has 0 aliphatic rings. The van der Waals surface area contributed by atoms with Crippen LogP contribution in [0.4, 0.5) is 8.78 Å². The lowest BCUT2D eigenvalue weighted by Gasteiger charge is -2.09. The first kappa shape index (κ1) is 20.2. The highest BCUT2D eigenvalue weighted by molar-refractivity contribution is 6.34. The van der Waals surface area contributed by atoms with E-state index < -0.39 is 23.7 Å². The van der Waals surface area contributed by atoms with Crippen molar-refractivity contribution in [1.29, 1.82) is 0 Å². The Morgan fingerprint density at radius 3 is 2.68 bits per heavy atom. The fourth-order valence-electron chi connectivity index (χ4n) is 2.34. The average molecular weight is 428 g/mol. The number of aromatic nitrogens is 3. The van der Waals surface area contributed by atoms with Crippen molar-refractivity contribution in [3.05, 3.63) is 58.3 Å². The Kier molecular flexibility index (Phi) is 5.93. The van der Waals surface area contributed by atoms with Gasteiger partial charge in [-0.2, -0.15) is 0 Å². The smallest absolute Gasteiger partial charge is 0.341 e. The number of esters is 1. The Hall–Kier alpha value is -2.55. The van der Waals surface area contributed by atoms with Gasteiger partial charge in [0.05, 0.1) is 16.9 Å². The first-order chi connectivity index (χ1) is 13.3. The highest BCUT2D eigenvalue weighted by atomic mass is 35.5. The van der Waals surface area contributed by atoms with E-state index in [1.807, 2.05) is 0 Å². The van der Waals surface area contributed by atoms with Gasteiger partial charge in [-0.25, -0.2) is 18.3 Å². The summed E-state index contributed by atoms with van der Waals surface area (Å²) >= 11 is 12.2. The van der Waals surface area contributed by atoms with Gasteiger partial charge >= 0.3 is 5.97 Å². The van der Waals surface area contributed by atoms with Crippen LogP contribution in [0.3, 0.4) is 0 Å². The van der Waals surface area contributed by atoms with Gasteiger partial charge < -0.3 is 9.47 Å². The van der Waals surface area contributed by atoms with E-state index in [4.69, 9.17) is 32.7 Å². The molecule has 3 aromatic rings. The summed E-state index contributed by atoms with van der Waals surface area (Å²) in [5, 5.41) is 3.79. The van der Waals surface area contributed by atoms with Gasteiger partial charge in [0.1, 0.15) is 16.5 Å². The number of nitrogens with zero attached hydrogens (tertiary/aromatic N) is 3. The third kappa shape index (κ3) is 3.84. The summed E-state index contributed by atoms with van der Waals surface area (Å²) in [7, 11) is 1.33. The average Bonchev–Trinajstić information content (AvgIpc) is 2.99. The SMILES string of the molecule is COC(C)C(=O)Oc1nn(-c2cccc(Cl)c2F)c(-c2cncc(F)c2)c1Cl. The van der Waals surface area contributed by atoms with Crippen molar-refractivity contribution in [2.75, 3.05) is 7.11 Å². The molecule has 0 saturated heterocycles. The number of hydrogen-bond donors (Lipinski definition) is 0. The molecule has 0 N–H and O–H groups in total. The van der Waals surface area contributed by atoms with Crippen LogP contribution in [0.2, 0.25) is 10.0 Å². The largest absolute Gasteiger partial charge is 0.402 e. The highest BCUT2D eigenvalue weighted by Gasteiger charge is 2.26. The second-order valence-corrected chi connectivity index (χ2v) is 6.43. The standard InChI is InChI=1S/C18H13Cl2F2N3O3/c1-9(27-2)18(26)28-17-14(20)16(10-6-11(21)8-23-7-10)25(24-17)13-5-3-4-12(19)15(13)22/h3-9H,1-2H3. The maximum absolute atomic E-state index is 14.6. The molecule has 10 heteroatoms. The van der Waals surface area contributed by atoms with E-state index in [-0.39, 0.29) is 32.9 Å². The molecule has 0 radical (unpaired) electrons. The van der Waals surface area contributed by atoms with Crippen LogP contribution in [0, 0.1) is 11.6 Å². The van der Waals surface area contributed by atoms with E-state index in [1.54, 1.807) is 0 Å². The minimum atomic E-state index is -0.886. The number of benzene rings is 1. The lowest BCUT2D eigenvalue weighted by atomic mass is 10.2. The maximum atomic E-state index is 14.6. The lowest BCUT2D eigenvalue weighted by molar-refractivity contribution is -0.144. The second-order valence-electron chi connectivity index (χ2n) is 5.64. The monoisotopic (exact) mass is 427 g/mol. The molecule has 6 nitrogen and oxygen atoms in total. The van der Waals surface area contributed by atoms with Crippen molar-refractivity contribution >= 4 is 29.2 Å². The zero-order chi connectivity index (χ0) is 20.4. The molecule has 0 bridgehead atoms. The highest BCUT2D eigenvalue weighted by Crippen LogP contribution is 2.38. The first-order valence-corrected chi connectivity index (χ1v) is 8.67. The molecule has 3 rings (SSSR count). The zero-order valence-corrected chi connectivity index (χ0v) is 16.1. The van der Waals surface area contributed by atoms with Gasteiger partial charge in [0.2, 0.25) is 0 Å². The van der Waals surface area contributed by atoms with E-state index in [0.717, 1.165) is 16.9 Å². The number of ether oxygens (including phenoxy) is 2. The number of methoxy groups -OCH3 is 1. The van der Waals surface area contributed by atoms with Gasteiger partial charge in [0.15, 0.2) is 11.9 Å². The van der Waals surface area contributed by atoms with Crippen molar-refractivity contribution in [3.8, 4) is 22.8 Å². The van der Waals surface area contributed by atoms with Crippen LogP contribution in [0.25, 0.3) is 16.9 Å². The molecule has 0 spiro atoms. The predicted octanol–water partition coefficient (Wildman–Crippen LogP) is 4.46. The summed E-state index contributed by atoms with van der Waals surface area (Å²) in [4.78, 5) is 15.8. The van der Waals surface area contributed by atoms with Crippen molar-refractivity contribution in [2.45, 2.75) is 13.0 Å². The Labute approximate surface area is 168 Å². The number of halogens is 4. The van der Waals surface area contributed by atoms with Crippen LogP contribution in [-0.4, -0.2) is 33.9 Å². The Morgan fingerprint density at radius 1 is 1.25 bits per heavy atom. The number of carbonyl (C=O) groups is 1. The van der Waals surface area contributed by atoms with Gasteiger partial charge in [0, 0.05) is 18.9 Å². The summed E-state index contributed by atoms with van der Waals surface area (Å²) in [5.74, 6) is -2.48. The number of pyridine rings is 1. The molecular weight excluding hydrogens is 415 g/mol. The van der Waals surface area contributed by atoms with Crippen LogP contribution >= 0.6 is 23.2 Å². The molecule has 0 aliphatic carbocycles. The van der Waals surface area contributed by atoms with Crippen molar-refractivity contribution in [2.24, 2.45) is 0 Å². The van der Waals surface area contributed by atoms with Crippen LogP contribution in [0.1, 0.15) is 6.92 Å². The van der Waals surface area contributed by atoms with Crippen molar-refractivity contribution in [1.82, 2.24) is 14.8 Å². The van der Waals surface area contributed by atoms with Crippen molar-refractivity contribution in [3.63, 3.8) is 0 Å². The van der Waals surface area contributed by atoms with Crippen molar-refractivity contribution < 1.29 is 23.0 Å². The molecule has 0 amide bonds. The van der Waals surface area contributed by atoms with E-state index in [9.17, 15) is 13.6 Å². The maximum Gasteiger partial charge on any atom is 0.341 e. The summed E-state index contributed by atoms with van der Waals surface area (Å²) in [6.45, 7) is 1.47. The number of hydrogen-bond acceptors (Lipinski definition) is 5. The summed E-state index contributed by atoms with van der Waals surface area (Å²) in [5.41, 5.74) is 0.192. The topological polar surface area (TPSA) is 66.2 Å². The molecule has 0 aliphatic heterocycles. The van der Waals surface area contributed by atoms with Crippen LogP contribution in [0.5, 0.6) is 5.88 Å². The van der Waals surface area contributed by atoms with E-state index >= 15 is 0 Å². The van der Waals surface area contributed by atoms with Crippen LogP contribution < -0.4 is 4.74 Å².